The highest BCUT2D eigenvalue weighted by Gasteiger charge is 2.23. The predicted molar refractivity (Wildman–Crippen MR) is 136 cm³/mol. The average Bonchev–Trinajstić information content (AvgIpc) is 2.73. The fourth-order valence-electron chi connectivity index (χ4n) is 4.13. The number of phenols is 1. The summed E-state index contributed by atoms with van der Waals surface area (Å²) in [5.74, 6) is 0.0875. The van der Waals surface area contributed by atoms with Crippen LogP contribution in [-0.2, 0) is 21.5 Å². The van der Waals surface area contributed by atoms with E-state index in [9.17, 15) is 14.7 Å². The van der Waals surface area contributed by atoms with Gasteiger partial charge >= 0.3 is 0 Å². The lowest BCUT2D eigenvalue weighted by atomic mass is 9.84. The Kier molecular flexibility index (Phi) is 9.51. The van der Waals surface area contributed by atoms with Gasteiger partial charge in [0.05, 0.1) is 0 Å². The Morgan fingerprint density at radius 1 is 1.09 bits per heavy atom. The van der Waals surface area contributed by atoms with Gasteiger partial charge in [0.2, 0.25) is 11.8 Å². The Morgan fingerprint density at radius 3 is 2.45 bits per heavy atom. The molecule has 1 unspecified atom stereocenters. The summed E-state index contributed by atoms with van der Waals surface area (Å²) < 4.78 is 0. The molecule has 2 rings (SSSR count). The van der Waals surface area contributed by atoms with Crippen LogP contribution in [0.1, 0.15) is 94.9 Å². The number of benzene rings is 2. The van der Waals surface area contributed by atoms with Crippen molar-refractivity contribution < 1.29 is 14.7 Å². The molecule has 0 spiro atoms. The van der Waals surface area contributed by atoms with Crippen LogP contribution in [0.25, 0.3) is 0 Å². The van der Waals surface area contributed by atoms with Crippen LogP contribution in [0, 0.1) is 6.92 Å². The van der Waals surface area contributed by atoms with Crippen molar-refractivity contribution in [2.24, 2.45) is 0 Å². The summed E-state index contributed by atoms with van der Waals surface area (Å²) in [6, 6.07) is 11.7. The Balaban J connectivity index is 2.28. The Morgan fingerprint density at radius 2 is 1.82 bits per heavy atom. The number of para-hydroxylation sites is 1. The van der Waals surface area contributed by atoms with Crippen molar-refractivity contribution in [1.29, 1.82) is 0 Å². The second-order valence-electron chi connectivity index (χ2n) is 10.00. The van der Waals surface area contributed by atoms with Crippen LogP contribution < -0.4 is 10.6 Å². The molecule has 0 aliphatic rings. The van der Waals surface area contributed by atoms with Crippen LogP contribution in [-0.4, -0.2) is 16.9 Å². The molecule has 5 heteroatoms. The van der Waals surface area contributed by atoms with Crippen molar-refractivity contribution in [3.05, 3.63) is 58.7 Å². The van der Waals surface area contributed by atoms with E-state index in [1.54, 1.807) is 0 Å². The van der Waals surface area contributed by atoms with Crippen LogP contribution in [0.2, 0.25) is 0 Å². The van der Waals surface area contributed by atoms with Crippen LogP contribution in [0.15, 0.2) is 36.4 Å². The largest absolute Gasteiger partial charge is 0.507 e. The van der Waals surface area contributed by atoms with Crippen molar-refractivity contribution in [2.75, 3.05) is 5.32 Å². The maximum absolute atomic E-state index is 13.2. The van der Waals surface area contributed by atoms with Crippen molar-refractivity contribution >= 4 is 17.5 Å². The van der Waals surface area contributed by atoms with Gasteiger partial charge in [0.25, 0.3) is 0 Å². The van der Waals surface area contributed by atoms with Gasteiger partial charge in [-0.15, -0.1) is 0 Å². The van der Waals surface area contributed by atoms with E-state index in [0.717, 1.165) is 53.6 Å². The van der Waals surface area contributed by atoms with E-state index >= 15 is 0 Å². The Bertz CT molecular complexity index is 960. The van der Waals surface area contributed by atoms with Gasteiger partial charge in [-0.3, -0.25) is 9.59 Å². The lowest BCUT2D eigenvalue weighted by Crippen LogP contribution is -2.22. The number of phenolic OH excluding ortho intramolecular Hbond substituents is 1. The second-order valence-corrected chi connectivity index (χ2v) is 10.00. The summed E-state index contributed by atoms with van der Waals surface area (Å²) in [5, 5.41) is 16.6. The maximum atomic E-state index is 13.2. The van der Waals surface area contributed by atoms with Crippen molar-refractivity contribution in [1.82, 2.24) is 5.32 Å². The zero-order chi connectivity index (χ0) is 24.6. The van der Waals surface area contributed by atoms with Gasteiger partial charge in [-0.25, -0.2) is 0 Å². The summed E-state index contributed by atoms with van der Waals surface area (Å²) >= 11 is 0. The number of carbonyl (C=O) groups is 2. The third-order valence-electron chi connectivity index (χ3n) is 6.00. The maximum Gasteiger partial charge on any atom is 0.224 e. The highest BCUT2D eigenvalue weighted by Crippen LogP contribution is 2.35. The van der Waals surface area contributed by atoms with E-state index in [0.29, 0.717) is 18.7 Å². The first-order valence-corrected chi connectivity index (χ1v) is 12.0. The van der Waals surface area contributed by atoms with Gasteiger partial charge in [-0.1, -0.05) is 77.3 Å². The zero-order valence-corrected chi connectivity index (χ0v) is 21.0. The van der Waals surface area contributed by atoms with Crippen LogP contribution in [0.4, 0.5) is 5.69 Å². The molecule has 0 saturated carbocycles. The molecule has 33 heavy (non-hydrogen) atoms. The van der Waals surface area contributed by atoms with Crippen LogP contribution in [0.5, 0.6) is 5.75 Å². The third-order valence-corrected chi connectivity index (χ3v) is 6.00. The normalized spacial score (nSPS) is 12.3. The fraction of sp³-hybridized carbons (Fsp3) is 0.500. The summed E-state index contributed by atoms with van der Waals surface area (Å²) in [7, 11) is 0. The number of carbonyl (C=O) groups excluding carboxylic acids is 2. The van der Waals surface area contributed by atoms with Gasteiger partial charge in [-0.2, -0.15) is 0 Å². The van der Waals surface area contributed by atoms with E-state index in [4.69, 9.17) is 0 Å². The quantitative estimate of drug-likeness (QED) is 0.369. The molecule has 2 aromatic carbocycles. The van der Waals surface area contributed by atoms with Crippen molar-refractivity contribution in [3.63, 3.8) is 0 Å². The number of hydrogen-bond acceptors (Lipinski definition) is 3. The molecule has 3 N–H and O–H groups in total. The topological polar surface area (TPSA) is 78.4 Å². The van der Waals surface area contributed by atoms with E-state index in [2.05, 4.69) is 38.3 Å². The summed E-state index contributed by atoms with van der Waals surface area (Å²) in [5.41, 5.74) is 4.28. The Labute approximate surface area is 199 Å². The molecule has 0 aliphatic carbocycles. The number of nitrogens with one attached hydrogen (secondary N) is 2. The molecular weight excluding hydrogens is 412 g/mol. The number of aryl methyl sites for hydroxylation is 1. The summed E-state index contributed by atoms with van der Waals surface area (Å²) in [6.45, 7) is 12.3. The lowest BCUT2D eigenvalue weighted by Gasteiger charge is -2.25. The molecule has 0 saturated heterocycles. The number of unbranched alkanes of at least 4 members (excludes halogenated alkanes) is 2. The summed E-state index contributed by atoms with van der Waals surface area (Å²) in [4.78, 5) is 24.5. The van der Waals surface area contributed by atoms with E-state index < -0.39 is 0 Å². The smallest absolute Gasteiger partial charge is 0.224 e. The van der Waals surface area contributed by atoms with E-state index in [1.807, 2.05) is 43.3 Å². The highest BCUT2D eigenvalue weighted by atomic mass is 16.3. The minimum Gasteiger partial charge on any atom is -0.507 e. The molecular formula is C28H40N2O3. The minimum absolute atomic E-state index is 0.0444. The molecule has 180 valence electrons. The van der Waals surface area contributed by atoms with Gasteiger partial charge in [0, 0.05) is 25.6 Å². The van der Waals surface area contributed by atoms with Gasteiger partial charge in [0.1, 0.15) is 5.75 Å². The van der Waals surface area contributed by atoms with Crippen molar-refractivity contribution in [2.45, 2.75) is 91.5 Å². The van der Waals surface area contributed by atoms with Crippen molar-refractivity contribution in [3.8, 4) is 5.75 Å². The molecule has 5 nitrogen and oxygen atoms in total. The zero-order valence-electron chi connectivity index (χ0n) is 21.0. The number of rotatable bonds is 10. The molecule has 1 atom stereocenters. The SMILES string of the molecule is CCCCCC(CC(=O)Nc1cc(CNC(C)=O)ccc1C(C)(C)C)c1cccc(C)c1O. The van der Waals surface area contributed by atoms with Gasteiger partial charge < -0.3 is 15.7 Å². The molecule has 0 bridgehead atoms. The minimum atomic E-state index is -0.148. The first-order valence-electron chi connectivity index (χ1n) is 12.0. The summed E-state index contributed by atoms with van der Waals surface area (Å²) in [6.07, 6.45) is 4.38. The second kappa shape index (κ2) is 11.9. The Hall–Kier alpha value is -2.82. The molecule has 2 amide bonds. The monoisotopic (exact) mass is 452 g/mol. The lowest BCUT2D eigenvalue weighted by molar-refractivity contribution is -0.119. The van der Waals surface area contributed by atoms with Gasteiger partial charge in [0.15, 0.2) is 0 Å². The average molecular weight is 453 g/mol. The number of hydrogen-bond donors (Lipinski definition) is 3. The molecule has 2 aromatic rings. The fourth-order valence-corrected chi connectivity index (χ4v) is 4.13. The highest BCUT2D eigenvalue weighted by molar-refractivity contribution is 5.92. The van der Waals surface area contributed by atoms with Crippen LogP contribution in [0.3, 0.4) is 0 Å². The molecule has 0 aliphatic heterocycles. The molecule has 0 aromatic heterocycles. The first kappa shape index (κ1) is 26.4. The number of aromatic hydroxyl groups is 1. The number of anilines is 1. The molecule has 0 heterocycles. The number of amides is 2. The van der Waals surface area contributed by atoms with E-state index in [-0.39, 0.29) is 23.1 Å². The molecule has 0 radical (unpaired) electrons. The third kappa shape index (κ3) is 7.92. The van der Waals surface area contributed by atoms with E-state index in [1.165, 1.54) is 6.92 Å². The van der Waals surface area contributed by atoms with Crippen LogP contribution >= 0.6 is 0 Å². The van der Waals surface area contributed by atoms with Gasteiger partial charge in [-0.05, 0) is 53.0 Å². The first-order chi connectivity index (χ1) is 15.5. The standard InChI is InChI=1S/C28H40N2O3/c1-7-8-9-12-22(23-13-10-11-19(2)27(23)33)17-26(32)30-25-16-21(18-29-20(3)31)14-15-24(25)28(4,5)6/h10-11,13-16,22,33H,7-9,12,17-18H2,1-6H3,(H,29,31)(H,30,32). The predicted octanol–water partition coefficient (Wildman–Crippen LogP) is 6.33. The molecule has 0 fully saturated rings.